The molecule has 0 saturated carbocycles. The van der Waals surface area contributed by atoms with Gasteiger partial charge >= 0.3 is 0 Å². The number of aryl methyl sites for hydroxylation is 1. The first-order valence-electron chi connectivity index (χ1n) is 21.9. The van der Waals surface area contributed by atoms with E-state index in [0.29, 0.717) is 35.6 Å². The predicted molar refractivity (Wildman–Crippen MR) is 255 cm³/mol. The van der Waals surface area contributed by atoms with Gasteiger partial charge in [-0.15, -0.1) is 0 Å². The summed E-state index contributed by atoms with van der Waals surface area (Å²) in [6.45, 7) is 30.4. The summed E-state index contributed by atoms with van der Waals surface area (Å²) >= 11 is 0. The molecular weight excluding hydrogens is 747 g/mol. The van der Waals surface area contributed by atoms with Crippen LogP contribution < -0.4 is 5.73 Å². The molecule has 8 nitrogen and oxygen atoms in total. The molecule has 8 heteroatoms. The second kappa shape index (κ2) is 24.1. The highest BCUT2D eigenvalue weighted by Crippen LogP contribution is 2.29. The van der Waals surface area contributed by atoms with Crippen molar-refractivity contribution in [3.05, 3.63) is 84.2 Å². The molecule has 6 N–H and O–H groups in total. The molecule has 0 aliphatic rings. The van der Waals surface area contributed by atoms with Crippen LogP contribution in [-0.2, 0) is 27.2 Å². The molecule has 0 aliphatic carbocycles. The highest BCUT2D eigenvalue weighted by molar-refractivity contribution is 5.90. The van der Waals surface area contributed by atoms with Gasteiger partial charge in [-0.2, -0.15) is 0 Å². The lowest BCUT2D eigenvalue weighted by molar-refractivity contribution is -0.130. The molecule has 0 radical (unpaired) electrons. The van der Waals surface area contributed by atoms with E-state index in [1.54, 1.807) is 18.2 Å². The Hall–Kier alpha value is -4.43. The largest absolute Gasteiger partial charge is 0.508 e. The van der Waals surface area contributed by atoms with Gasteiger partial charge in [-0.25, -0.2) is 0 Å². The summed E-state index contributed by atoms with van der Waals surface area (Å²) in [5, 5.41) is 21.1. The van der Waals surface area contributed by atoms with Crippen LogP contribution in [0.25, 0.3) is 21.8 Å². The van der Waals surface area contributed by atoms with Crippen molar-refractivity contribution in [1.29, 1.82) is 0 Å². The Labute approximate surface area is 362 Å². The normalized spacial score (nSPS) is 12.8. The first-order chi connectivity index (χ1) is 27.6. The van der Waals surface area contributed by atoms with E-state index in [-0.39, 0.29) is 28.3 Å². The number of nitrogens with one attached hydrogen (secondary N) is 2. The van der Waals surface area contributed by atoms with Crippen molar-refractivity contribution in [3.8, 4) is 11.5 Å². The Kier molecular flexibility index (Phi) is 21.5. The van der Waals surface area contributed by atoms with Gasteiger partial charge in [0.15, 0.2) is 5.78 Å². The summed E-state index contributed by atoms with van der Waals surface area (Å²) in [5.74, 6) is 1.40. The molecule has 4 rings (SSSR count). The minimum absolute atomic E-state index is 0.0435. The monoisotopic (exact) mass is 828 g/mol. The quantitative estimate of drug-likeness (QED) is 0.0799. The number of phenols is 2. The fourth-order valence-corrected chi connectivity index (χ4v) is 6.49. The third-order valence-electron chi connectivity index (χ3n) is 10.2. The van der Waals surface area contributed by atoms with Gasteiger partial charge in [0.1, 0.15) is 23.1 Å². The molecule has 0 aliphatic heterocycles. The molecule has 0 spiro atoms. The number of aromatic amines is 2. The highest BCUT2D eigenvalue weighted by Gasteiger charge is 2.28. The number of carbonyl (C=O) groups excluding carboxylic acids is 3. The van der Waals surface area contributed by atoms with Crippen molar-refractivity contribution >= 4 is 39.2 Å². The number of aromatic nitrogens is 2. The van der Waals surface area contributed by atoms with Crippen LogP contribution in [-0.4, -0.2) is 43.6 Å². The zero-order valence-corrected chi connectivity index (χ0v) is 39.9. The number of carbonyl (C=O) groups is 3. The maximum atomic E-state index is 12.1. The molecular formula is C52H81N3O5. The maximum Gasteiger partial charge on any atom is 0.155 e. The van der Waals surface area contributed by atoms with Gasteiger partial charge in [-0.1, -0.05) is 128 Å². The number of hydrogen-bond donors (Lipinski definition) is 5. The van der Waals surface area contributed by atoms with E-state index in [2.05, 4.69) is 62.9 Å². The molecule has 1 atom stereocenters. The Balaban J connectivity index is 0.000000410. The number of rotatable bonds is 14. The number of H-pyrrole nitrogens is 2. The molecule has 0 amide bonds. The lowest BCUT2D eigenvalue weighted by Crippen LogP contribution is -2.40. The lowest BCUT2D eigenvalue weighted by atomic mass is 9.79. The molecule has 4 aromatic rings. The molecule has 2 aromatic carbocycles. The molecule has 0 fully saturated rings. The standard InChI is InChI=1S/C15H20N2O2.C15H21NO.C12H22O.C10H18O/c1-15(2,3)14(19)12(16)6-9-8-17-13-5-4-10(18)7-11(9)13;1-15(2,3)8-4-5-11-10-16-14-7-6-12(17)9-13(11)14;1-6-7-8-9-12(4,5)11(13)10(2)3;1-5-6-7-8-9(11)10(2,3)4/h4-5,7-8,12,17-18H,6,16H2,1-3H3;6-7,9-10,16-17H,4-5,8H2,1-3H3;7-8,10H,6,9H2,1-5H3;6-7H,5,8H2,1-4H3/b;;8-7-;7-6-/t12-;;;/m0.../s1. The minimum atomic E-state index is -0.527. The third-order valence-corrected chi connectivity index (χ3v) is 10.2. The Bertz CT molecular complexity index is 1990. The van der Waals surface area contributed by atoms with Crippen molar-refractivity contribution in [1.82, 2.24) is 9.97 Å². The molecule has 2 aromatic heterocycles. The SMILES string of the molecule is CC(C)(C)C(=O)[C@@H](N)Cc1c[nH]c2ccc(O)cc12.CC(C)(C)CCCc1c[nH]c2ccc(O)cc12.CC/C=C\CC(=O)C(C)(C)C.CC/C=C\CC(C)(C)C(=O)C(C)C. The minimum Gasteiger partial charge on any atom is -0.508 e. The summed E-state index contributed by atoms with van der Waals surface area (Å²) < 4.78 is 0. The fraction of sp³-hybridized carbons (Fsp3) is 0.558. The molecule has 334 valence electrons. The smallest absolute Gasteiger partial charge is 0.155 e. The number of fused-ring (bicyclic) bond motifs is 2. The lowest BCUT2D eigenvalue weighted by Gasteiger charge is -2.23. The van der Waals surface area contributed by atoms with E-state index in [4.69, 9.17) is 5.73 Å². The number of nitrogens with two attached hydrogens (primary N) is 1. The van der Waals surface area contributed by atoms with Gasteiger partial charge in [0.05, 0.1) is 6.04 Å². The Morgan fingerprint density at radius 1 is 0.683 bits per heavy atom. The molecule has 2 heterocycles. The first-order valence-corrected chi connectivity index (χ1v) is 21.9. The van der Waals surface area contributed by atoms with Gasteiger partial charge in [0.25, 0.3) is 0 Å². The van der Waals surface area contributed by atoms with Crippen LogP contribution >= 0.6 is 0 Å². The first kappa shape index (κ1) is 53.6. The number of hydrogen-bond acceptors (Lipinski definition) is 6. The maximum absolute atomic E-state index is 12.1. The van der Waals surface area contributed by atoms with Gasteiger partial charge in [-0.05, 0) is 97.9 Å². The predicted octanol–water partition coefficient (Wildman–Crippen LogP) is 13.2. The topological polar surface area (TPSA) is 149 Å². The molecule has 0 unspecified atom stereocenters. The number of allylic oxidation sites excluding steroid dienone is 4. The average molecular weight is 828 g/mol. The molecule has 0 saturated heterocycles. The fourth-order valence-electron chi connectivity index (χ4n) is 6.49. The van der Waals surface area contributed by atoms with Gasteiger partial charge in [-0.3, -0.25) is 14.4 Å². The number of Topliss-reactive ketones (excluding diaryl/α,β-unsaturated/α-hetero) is 3. The molecule has 0 bridgehead atoms. The summed E-state index contributed by atoms with van der Waals surface area (Å²) in [4.78, 5) is 41.5. The van der Waals surface area contributed by atoms with Crippen LogP contribution in [0, 0.1) is 27.6 Å². The van der Waals surface area contributed by atoms with E-state index < -0.39 is 11.5 Å². The summed E-state index contributed by atoms with van der Waals surface area (Å²) in [7, 11) is 0. The highest BCUT2D eigenvalue weighted by atomic mass is 16.3. The summed E-state index contributed by atoms with van der Waals surface area (Å²) in [5.41, 5.74) is 9.88. The van der Waals surface area contributed by atoms with Crippen LogP contribution in [0.3, 0.4) is 0 Å². The zero-order chi connectivity index (χ0) is 46.1. The Morgan fingerprint density at radius 2 is 1.17 bits per heavy atom. The van der Waals surface area contributed by atoms with Crippen LogP contribution in [0.1, 0.15) is 154 Å². The van der Waals surface area contributed by atoms with Gasteiger partial charge in [0, 0.05) is 62.8 Å². The van der Waals surface area contributed by atoms with Crippen molar-refractivity contribution in [2.45, 2.75) is 161 Å². The summed E-state index contributed by atoms with van der Waals surface area (Å²) in [6.07, 6.45) is 19.6. The van der Waals surface area contributed by atoms with Gasteiger partial charge < -0.3 is 25.9 Å². The van der Waals surface area contributed by atoms with E-state index >= 15 is 0 Å². The summed E-state index contributed by atoms with van der Waals surface area (Å²) in [6, 6.07) is 10.1. The number of ketones is 3. The second-order valence-corrected chi connectivity index (χ2v) is 20.2. The van der Waals surface area contributed by atoms with Crippen molar-refractivity contribution < 1.29 is 24.6 Å². The Morgan fingerprint density at radius 3 is 1.62 bits per heavy atom. The van der Waals surface area contributed by atoms with Crippen LogP contribution in [0.4, 0.5) is 0 Å². The van der Waals surface area contributed by atoms with E-state index in [9.17, 15) is 24.6 Å². The van der Waals surface area contributed by atoms with E-state index in [1.807, 2.05) is 106 Å². The van der Waals surface area contributed by atoms with Crippen LogP contribution in [0.5, 0.6) is 11.5 Å². The van der Waals surface area contributed by atoms with Crippen LogP contribution in [0.2, 0.25) is 0 Å². The zero-order valence-electron chi connectivity index (χ0n) is 39.9. The number of benzene rings is 2. The van der Waals surface area contributed by atoms with Crippen molar-refractivity contribution in [2.24, 2.45) is 33.3 Å². The molecule has 60 heavy (non-hydrogen) atoms. The number of phenolic OH excluding ortho intramolecular Hbond substituents is 2. The van der Waals surface area contributed by atoms with Crippen molar-refractivity contribution in [2.75, 3.05) is 0 Å². The van der Waals surface area contributed by atoms with E-state index in [1.165, 1.54) is 18.4 Å². The van der Waals surface area contributed by atoms with Gasteiger partial charge in [0.2, 0.25) is 0 Å². The third kappa shape index (κ3) is 19.3. The average Bonchev–Trinajstić information content (AvgIpc) is 3.73. The second-order valence-electron chi connectivity index (χ2n) is 20.2. The van der Waals surface area contributed by atoms with E-state index in [0.717, 1.165) is 53.1 Å². The van der Waals surface area contributed by atoms with Crippen LogP contribution in [0.15, 0.2) is 73.1 Å². The van der Waals surface area contributed by atoms with Crippen molar-refractivity contribution in [3.63, 3.8) is 0 Å². The number of aromatic hydroxyl groups is 2.